The van der Waals surface area contributed by atoms with Gasteiger partial charge in [0.2, 0.25) is 0 Å². The summed E-state index contributed by atoms with van der Waals surface area (Å²) in [6.45, 7) is 0.687. The van der Waals surface area contributed by atoms with Crippen LogP contribution in [0.3, 0.4) is 0 Å². The van der Waals surface area contributed by atoms with Crippen LogP contribution >= 0.6 is 0 Å². The molecule has 6 nitrogen and oxygen atoms in total. The molecule has 0 saturated heterocycles. The molecule has 2 aromatic heterocycles. The maximum absolute atomic E-state index is 14.1. The summed E-state index contributed by atoms with van der Waals surface area (Å²) in [6.07, 6.45) is -4.66. The van der Waals surface area contributed by atoms with Gasteiger partial charge in [0.25, 0.3) is 5.82 Å². The predicted molar refractivity (Wildman–Crippen MR) is 86.9 cm³/mol. The van der Waals surface area contributed by atoms with E-state index in [2.05, 4.69) is 20.6 Å². The van der Waals surface area contributed by atoms with Gasteiger partial charge >= 0.3 is 6.18 Å². The van der Waals surface area contributed by atoms with Crippen molar-refractivity contribution >= 4 is 11.5 Å². The zero-order valence-electron chi connectivity index (χ0n) is 14.0. The number of benzene rings is 1. The van der Waals surface area contributed by atoms with Gasteiger partial charge in [0, 0.05) is 18.7 Å². The molecule has 10 heteroatoms. The van der Waals surface area contributed by atoms with Crippen LogP contribution in [0.5, 0.6) is 0 Å². The molecule has 0 unspecified atom stereocenters. The van der Waals surface area contributed by atoms with Crippen molar-refractivity contribution in [1.82, 2.24) is 24.7 Å². The first-order chi connectivity index (χ1) is 12.2. The standard InChI is InChI=1S/C16H16F4N6/c1-25(2)9-11-4-3-10(7-12(11)17)8-21-13-5-6-14-22-23-15(16(18,19)20)26(14)24-13/h3-7H,8-9H2,1-2H3,(H,21,24). The lowest BCUT2D eigenvalue weighted by Gasteiger charge is -2.12. The molecule has 0 bridgehead atoms. The molecule has 26 heavy (non-hydrogen) atoms. The van der Waals surface area contributed by atoms with Crippen LogP contribution in [0.2, 0.25) is 0 Å². The van der Waals surface area contributed by atoms with E-state index in [1.807, 2.05) is 19.0 Å². The Bertz CT molecular complexity index is 919. The Kier molecular flexibility index (Phi) is 4.77. The first-order valence-electron chi connectivity index (χ1n) is 7.69. The number of hydrogen-bond donors (Lipinski definition) is 1. The van der Waals surface area contributed by atoms with E-state index in [1.54, 1.807) is 12.1 Å². The average molecular weight is 368 g/mol. The van der Waals surface area contributed by atoms with E-state index in [0.29, 0.717) is 22.2 Å². The highest BCUT2D eigenvalue weighted by Crippen LogP contribution is 2.27. The van der Waals surface area contributed by atoms with Crippen molar-refractivity contribution in [3.05, 3.63) is 53.1 Å². The third-order valence-electron chi connectivity index (χ3n) is 3.59. The minimum Gasteiger partial charge on any atom is -0.365 e. The predicted octanol–water partition coefficient (Wildman–Crippen LogP) is 2.96. The van der Waals surface area contributed by atoms with E-state index < -0.39 is 12.0 Å². The van der Waals surface area contributed by atoms with Crippen LogP contribution in [0.25, 0.3) is 5.65 Å². The molecular weight excluding hydrogens is 352 g/mol. The quantitative estimate of drug-likeness (QED) is 0.702. The molecule has 0 aliphatic carbocycles. The second-order valence-corrected chi connectivity index (χ2v) is 6.03. The second kappa shape index (κ2) is 6.87. The minimum atomic E-state index is -4.66. The molecule has 1 N–H and O–H groups in total. The zero-order valence-corrected chi connectivity index (χ0v) is 14.0. The van der Waals surface area contributed by atoms with Crippen molar-refractivity contribution in [2.24, 2.45) is 0 Å². The van der Waals surface area contributed by atoms with Gasteiger partial charge in [0.05, 0.1) is 0 Å². The SMILES string of the molecule is CN(C)Cc1ccc(CNc2ccc3nnc(C(F)(F)F)n3n2)cc1F. The zero-order chi connectivity index (χ0) is 18.9. The topological polar surface area (TPSA) is 58.3 Å². The number of alkyl halides is 3. The number of rotatable bonds is 5. The van der Waals surface area contributed by atoms with E-state index in [9.17, 15) is 17.6 Å². The van der Waals surface area contributed by atoms with Gasteiger partial charge in [-0.2, -0.15) is 17.7 Å². The number of anilines is 1. The van der Waals surface area contributed by atoms with E-state index in [4.69, 9.17) is 0 Å². The molecule has 3 aromatic rings. The summed E-state index contributed by atoms with van der Waals surface area (Å²) < 4.78 is 53.3. The van der Waals surface area contributed by atoms with Crippen LogP contribution in [0, 0.1) is 5.82 Å². The molecule has 1 aromatic carbocycles. The molecule has 0 saturated carbocycles. The molecule has 0 fully saturated rings. The van der Waals surface area contributed by atoms with Crippen molar-refractivity contribution in [2.45, 2.75) is 19.3 Å². The summed E-state index contributed by atoms with van der Waals surface area (Å²) in [4.78, 5) is 1.85. The highest BCUT2D eigenvalue weighted by molar-refractivity contribution is 5.44. The molecule has 0 aliphatic rings. The highest BCUT2D eigenvalue weighted by atomic mass is 19.4. The van der Waals surface area contributed by atoms with Crippen molar-refractivity contribution in [3.8, 4) is 0 Å². The van der Waals surface area contributed by atoms with Gasteiger partial charge < -0.3 is 10.2 Å². The molecule has 0 amide bonds. The number of aromatic nitrogens is 4. The third-order valence-corrected chi connectivity index (χ3v) is 3.59. The van der Waals surface area contributed by atoms with Gasteiger partial charge in [-0.3, -0.25) is 0 Å². The summed E-state index contributed by atoms with van der Waals surface area (Å²) in [5.74, 6) is -1.34. The summed E-state index contributed by atoms with van der Waals surface area (Å²) >= 11 is 0. The van der Waals surface area contributed by atoms with Crippen molar-refractivity contribution in [1.29, 1.82) is 0 Å². The van der Waals surface area contributed by atoms with Crippen LogP contribution in [-0.2, 0) is 19.3 Å². The highest BCUT2D eigenvalue weighted by Gasteiger charge is 2.37. The summed E-state index contributed by atoms with van der Waals surface area (Å²) in [5, 5.41) is 13.3. The number of nitrogens with zero attached hydrogens (tertiary/aromatic N) is 5. The maximum Gasteiger partial charge on any atom is 0.453 e. The first kappa shape index (κ1) is 18.1. The number of halogens is 4. The van der Waals surface area contributed by atoms with Gasteiger partial charge in [-0.25, -0.2) is 4.39 Å². The molecule has 0 aliphatic heterocycles. The fraction of sp³-hybridized carbons (Fsp3) is 0.312. The van der Waals surface area contributed by atoms with E-state index in [-0.39, 0.29) is 23.8 Å². The molecule has 0 radical (unpaired) electrons. The number of nitrogens with one attached hydrogen (secondary N) is 1. The van der Waals surface area contributed by atoms with Gasteiger partial charge in [-0.05, 0) is 37.9 Å². The first-order valence-corrected chi connectivity index (χ1v) is 7.69. The van der Waals surface area contributed by atoms with Crippen molar-refractivity contribution in [3.63, 3.8) is 0 Å². The lowest BCUT2D eigenvalue weighted by molar-refractivity contribution is -0.146. The Morgan fingerprint density at radius 3 is 2.54 bits per heavy atom. The van der Waals surface area contributed by atoms with Gasteiger partial charge in [0.15, 0.2) is 5.65 Å². The minimum absolute atomic E-state index is 0.0121. The normalized spacial score (nSPS) is 12.1. The van der Waals surface area contributed by atoms with Crippen LogP contribution in [0.1, 0.15) is 17.0 Å². The number of hydrogen-bond acceptors (Lipinski definition) is 5. The van der Waals surface area contributed by atoms with Crippen LogP contribution in [-0.4, -0.2) is 38.8 Å². The fourth-order valence-corrected chi connectivity index (χ4v) is 2.42. The Morgan fingerprint density at radius 1 is 1.12 bits per heavy atom. The molecule has 0 atom stereocenters. The average Bonchev–Trinajstić information content (AvgIpc) is 2.98. The smallest absolute Gasteiger partial charge is 0.365 e. The summed E-state index contributed by atoms with van der Waals surface area (Å²) in [5.41, 5.74) is 1.20. The largest absolute Gasteiger partial charge is 0.453 e. The van der Waals surface area contributed by atoms with E-state index in [1.165, 1.54) is 18.2 Å². The van der Waals surface area contributed by atoms with Crippen LogP contribution in [0.4, 0.5) is 23.4 Å². The second-order valence-electron chi connectivity index (χ2n) is 6.03. The van der Waals surface area contributed by atoms with Gasteiger partial charge in [-0.15, -0.1) is 15.3 Å². The fourth-order valence-electron chi connectivity index (χ4n) is 2.42. The van der Waals surface area contributed by atoms with E-state index in [0.717, 1.165) is 0 Å². The molecule has 2 heterocycles. The van der Waals surface area contributed by atoms with Gasteiger partial charge in [-0.1, -0.05) is 12.1 Å². The molecule has 138 valence electrons. The Hall–Kier alpha value is -2.75. The van der Waals surface area contributed by atoms with Crippen LogP contribution in [0.15, 0.2) is 30.3 Å². The van der Waals surface area contributed by atoms with Crippen LogP contribution < -0.4 is 5.32 Å². The Morgan fingerprint density at radius 2 is 1.88 bits per heavy atom. The number of fused-ring (bicyclic) bond motifs is 1. The summed E-state index contributed by atoms with van der Waals surface area (Å²) in [7, 11) is 3.69. The summed E-state index contributed by atoms with van der Waals surface area (Å²) in [6, 6.07) is 7.70. The maximum atomic E-state index is 14.1. The Labute approximate surface area is 146 Å². The van der Waals surface area contributed by atoms with Gasteiger partial charge in [0.1, 0.15) is 11.6 Å². The van der Waals surface area contributed by atoms with Crippen molar-refractivity contribution in [2.75, 3.05) is 19.4 Å². The van der Waals surface area contributed by atoms with Crippen molar-refractivity contribution < 1.29 is 17.6 Å². The molecule has 3 rings (SSSR count). The third kappa shape index (κ3) is 3.90. The Balaban J connectivity index is 1.76. The lowest BCUT2D eigenvalue weighted by atomic mass is 10.1. The lowest BCUT2D eigenvalue weighted by Crippen LogP contribution is -2.14. The monoisotopic (exact) mass is 368 g/mol. The van der Waals surface area contributed by atoms with E-state index >= 15 is 0 Å². The molecular formula is C16H16F4N6. The molecule has 0 spiro atoms.